The normalized spacial score (nSPS) is 19.1. The lowest BCUT2D eigenvalue weighted by molar-refractivity contribution is -0.146. The molecule has 0 saturated carbocycles. The van der Waals surface area contributed by atoms with Gasteiger partial charge in [0, 0.05) is 10.6 Å². The predicted molar refractivity (Wildman–Crippen MR) is 117 cm³/mol. The van der Waals surface area contributed by atoms with E-state index in [-0.39, 0.29) is 17.1 Å². The summed E-state index contributed by atoms with van der Waals surface area (Å²) >= 11 is 2.70. The molecule has 0 bridgehead atoms. The van der Waals surface area contributed by atoms with E-state index in [0.717, 1.165) is 9.90 Å². The molecule has 2 aromatic rings. The quantitative estimate of drug-likeness (QED) is 0.439. The molecule has 0 fully saturated rings. The highest BCUT2D eigenvalue weighted by molar-refractivity contribution is 8.00. The monoisotopic (exact) mass is 446 g/mol. The number of anilines is 2. The van der Waals surface area contributed by atoms with Gasteiger partial charge in [0.25, 0.3) is 0 Å². The first-order valence-electron chi connectivity index (χ1n) is 9.40. The molecule has 0 saturated heterocycles. The Morgan fingerprint density at radius 2 is 1.77 bits per heavy atom. The number of carboxylic acids is 1. The van der Waals surface area contributed by atoms with Gasteiger partial charge >= 0.3 is 5.97 Å². The van der Waals surface area contributed by atoms with Gasteiger partial charge in [-0.15, -0.1) is 22.0 Å². The number of amides is 2. The van der Waals surface area contributed by atoms with E-state index in [1.807, 2.05) is 25.1 Å². The molecule has 1 aliphatic rings. The van der Waals surface area contributed by atoms with Crippen molar-refractivity contribution in [2.45, 2.75) is 36.8 Å². The molecule has 1 aromatic carbocycles. The summed E-state index contributed by atoms with van der Waals surface area (Å²) in [6, 6.07) is 7.12. The van der Waals surface area contributed by atoms with Crippen LogP contribution in [0, 0.1) is 18.8 Å². The molecule has 0 aliphatic heterocycles. The van der Waals surface area contributed by atoms with Crippen molar-refractivity contribution in [3.8, 4) is 0 Å². The highest BCUT2D eigenvalue weighted by Gasteiger charge is 2.33. The highest BCUT2D eigenvalue weighted by atomic mass is 32.2. The topological polar surface area (TPSA) is 121 Å². The Morgan fingerprint density at radius 1 is 1.10 bits per heavy atom. The second-order valence-electron chi connectivity index (χ2n) is 6.88. The number of hydrogen-bond acceptors (Lipinski definition) is 7. The Morgan fingerprint density at radius 3 is 2.37 bits per heavy atom. The third-order valence-electron chi connectivity index (χ3n) is 4.65. The standard InChI is InChI=1S/C20H22N4O4S2/c1-11(17(25)22-20-24-23-12(2)30-20)29-14-9-7-13(8-10-14)21-18(26)15-5-3-4-6-16(15)19(27)28/h3-4,7-11,15-16H,5-6H2,1-2H3,(H,21,26)(H,27,28)(H,22,24,25)/t11-,15+,16+/m0/s1. The third-order valence-corrected chi connectivity index (χ3v) is 6.51. The van der Waals surface area contributed by atoms with Gasteiger partial charge in [-0.1, -0.05) is 23.5 Å². The first-order chi connectivity index (χ1) is 14.3. The molecule has 8 nitrogen and oxygen atoms in total. The van der Waals surface area contributed by atoms with Gasteiger partial charge in [0.15, 0.2) is 0 Å². The van der Waals surface area contributed by atoms with Crippen LogP contribution in [0.15, 0.2) is 41.3 Å². The SMILES string of the molecule is Cc1nnc(NC(=O)[C@H](C)Sc2ccc(NC(=O)[C@@H]3CC=CC[C@H]3C(=O)O)cc2)s1. The van der Waals surface area contributed by atoms with Crippen LogP contribution < -0.4 is 10.6 Å². The van der Waals surface area contributed by atoms with Crippen molar-refractivity contribution in [2.75, 3.05) is 10.6 Å². The van der Waals surface area contributed by atoms with Crippen molar-refractivity contribution in [3.05, 3.63) is 41.4 Å². The zero-order chi connectivity index (χ0) is 21.7. The van der Waals surface area contributed by atoms with Gasteiger partial charge in [-0.25, -0.2) is 0 Å². The molecule has 30 heavy (non-hydrogen) atoms. The van der Waals surface area contributed by atoms with E-state index in [0.29, 0.717) is 23.7 Å². The van der Waals surface area contributed by atoms with Gasteiger partial charge in [0.2, 0.25) is 16.9 Å². The molecule has 0 spiro atoms. The van der Waals surface area contributed by atoms with E-state index in [1.165, 1.54) is 23.1 Å². The van der Waals surface area contributed by atoms with E-state index in [4.69, 9.17) is 0 Å². The highest BCUT2D eigenvalue weighted by Crippen LogP contribution is 2.29. The number of hydrogen-bond donors (Lipinski definition) is 3. The number of aryl methyl sites for hydroxylation is 1. The van der Waals surface area contributed by atoms with Crippen LogP contribution in [0.3, 0.4) is 0 Å². The van der Waals surface area contributed by atoms with Crippen LogP contribution in [0.4, 0.5) is 10.8 Å². The largest absolute Gasteiger partial charge is 0.481 e. The Bertz CT molecular complexity index is 958. The molecular weight excluding hydrogens is 424 g/mol. The fourth-order valence-corrected chi connectivity index (χ4v) is 4.50. The molecule has 3 N–H and O–H groups in total. The van der Waals surface area contributed by atoms with E-state index < -0.39 is 17.8 Å². The number of nitrogens with one attached hydrogen (secondary N) is 2. The van der Waals surface area contributed by atoms with Crippen LogP contribution >= 0.6 is 23.1 Å². The molecule has 158 valence electrons. The molecule has 3 atom stereocenters. The number of benzene rings is 1. The van der Waals surface area contributed by atoms with Crippen molar-refractivity contribution in [1.82, 2.24) is 10.2 Å². The number of carbonyl (C=O) groups excluding carboxylic acids is 2. The van der Waals surface area contributed by atoms with Crippen LogP contribution in [0.1, 0.15) is 24.8 Å². The number of nitrogens with zero attached hydrogens (tertiary/aromatic N) is 2. The Hall–Kier alpha value is -2.72. The fourth-order valence-electron chi connectivity index (χ4n) is 3.04. The number of allylic oxidation sites excluding steroid dienone is 2. The zero-order valence-corrected chi connectivity index (χ0v) is 18.1. The van der Waals surface area contributed by atoms with Crippen molar-refractivity contribution >= 4 is 51.7 Å². The lowest BCUT2D eigenvalue weighted by Gasteiger charge is -2.24. The van der Waals surface area contributed by atoms with E-state index in [1.54, 1.807) is 25.1 Å². The number of aliphatic carboxylic acids is 1. The van der Waals surface area contributed by atoms with Gasteiger partial charge < -0.3 is 10.4 Å². The predicted octanol–water partition coefficient (Wildman–Crippen LogP) is 3.57. The maximum absolute atomic E-state index is 12.5. The van der Waals surface area contributed by atoms with E-state index >= 15 is 0 Å². The summed E-state index contributed by atoms with van der Waals surface area (Å²) < 4.78 is 0. The smallest absolute Gasteiger partial charge is 0.307 e. The second-order valence-corrected chi connectivity index (χ2v) is 9.48. The molecule has 1 heterocycles. The minimum Gasteiger partial charge on any atom is -0.481 e. The Kier molecular flexibility index (Phi) is 7.22. The van der Waals surface area contributed by atoms with Gasteiger partial charge in [-0.2, -0.15) is 0 Å². The van der Waals surface area contributed by atoms with Gasteiger partial charge in [0.05, 0.1) is 17.1 Å². The molecule has 1 aliphatic carbocycles. The average Bonchev–Trinajstić information content (AvgIpc) is 3.13. The van der Waals surface area contributed by atoms with Crippen LogP contribution in [-0.4, -0.2) is 38.3 Å². The first-order valence-corrected chi connectivity index (χ1v) is 11.1. The molecule has 1 aromatic heterocycles. The number of rotatable bonds is 7. The van der Waals surface area contributed by atoms with Crippen LogP contribution in [-0.2, 0) is 14.4 Å². The molecular formula is C20H22N4O4S2. The van der Waals surface area contributed by atoms with Gasteiger partial charge in [-0.05, 0) is 51.0 Å². The minimum absolute atomic E-state index is 0.168. The summed E-state index contributed by atoms with van der Waals surface area (Å²) in [5, 5.41) is 23.5. The molecule has 0 radical (unpaired) electrons. The van der Waals surface area contributed by atoms with Crippen LogP contribution in [0.25, 0.3) is 0 Å². The van der Waals surface area contributed by atoms with Crippen LogP contribution in [0.5, 0.6) is 0 Å². The van der Waals surface area contributed by atoms with Crippen LogP contribution in [0.2, 0.25) is 0 Å². The van der Waals surface area contributed by atoms with Crippen molar-refractivity contribution in [3.63, 3.8) is 0 Å². The summed E-state index contributed by atoms with van der Waals surface area (Å²) in [5.41, 5.74) is 0.587. The minimum atomic E-state index is -0.956. The summed E-state index contributed by atoms with van der Waals surface area (Å²) in [5.74, 6) is -2.72. The number of thioether (sulfide) groups is 1. The van der Waals surface area contributed by atoms with Crippen molar-refractivity contribution < 1.29 is 19.5 Å². The number of carboxylic acid groups (broad SMARTS) is 1. The second kappa shape index (κ2) is 9.86. The molecule has 2 amide bonds. The average molecular weight is 447 g/mol. The first kappa shape index (κ1) is 22.0. The summed E-state index contributed by atoms with van der Waals surface area (Å²) in [7, 11) is 0. The van der Waals surface area contributed by atoms with Gasteiger partial charge in [-0.3, -0.25) is 19.7 Å². The zero-order valence-electron chi connectivity index (χ0n) is 16.5. The lowest BCUT2D eigenvalue weighted by atomic mass is 9.82. The maximum Gasteiger partial charge on any atom is 0.307 e. The number of carbonyl (C=O) groups is 3. The van der Waals surface area contributed by atoms with E-state index in [9.17, 15) is 19.5 Å². The van der Waals surface area contributed by atoms with Crippen molar-refractivity contribution in [1.29, 1.82) is 0 Å². The summed E-state index contributed by atoms with van der Waals surface area (Å²) in [4.78, 5) is 37.1. The maximum atomic E-state index is 12.5. The Labute approximate surface area is 182 Å². The molecule has 10 heteroatoms. The summed E-state index contributed by atoms with van der Waals surface area (Å²) in [6.45, 7) is 3.62. The van der Waals surface area contributed by atoms with Crippen molar-refractivity contribution in [2.24, 2.45) is 11.8 Å². The fraction of sp³-hybridized carbons (Fsp3) is 0.350. The van der Waals surface area contributed by atoms with E-state index in [2.05, 4.69) is 20.8 Å². The summed E-state index contributed by atoms with van der Waals surface area (Å²) in [6.07, 6.45) is 4.42. The molecule has 3 rings (SSSR count). The van der Waals surface area contributed by atoms with Gasteiger partial charge in [0.1, 0.15) is 5.01 Å². The third kappa shape index (κ3) is 5.67. The Balaban J connectivity index is 1.55. The molecule has 0 unspecified atom stereocenters. The number of aromatic nitrogens is 2. The lowest BCUT2D eigenvalue weighted by Crippen LogP contribution is -2.34.